The maximum atomic E-state index is 5.27. The third-order valence-electron chi connectivity index (χ3n) is 4.90. The lowest BCUT2D eigenvalue weighted by atomic mass is 9.96. The summed E-state index contributed by atoms with van der Waals surface area (Å²) in [6, 6.07) is 14.8. The van der Waals surface area contributed by atoms with Crippen molar-refractivity contribution < 1.29 is 4.74 Å². The Balaban J connectivity index is 1.73. The predicted molar refractivity (Wildman–Crippen MR) is 96.7 cm³/mol. The molecule has 0 amide bonds. The number of aromatic nitrogens is 2. The van der Waals surface area contributed by atoms with Crippen LogP contribution in [0.5, 0.6) is 5.75 Å². The molecule has 1 N–H and O–H groups in total. The second-order valence-corrected chi connectivity index (χ2v) is 6.46. The Kier molecular flexibility index (Phi) is 4.22. The van der Waals surface area contributed by atoms with E-state index in [0.717, 1.165) is 31.0 Å². The van der Waals surface area contributed by atoms with Gasteiger partial charge in [-0.2, -0.15) is 0 Å². The number of piperidine rings is 1. The molecule has 1 aliphatic rings. The third kappa shape index (κ3) is 2.89. The molecule has 1 saturated heterocycles. The first kappa shape index (κ1) is 15.2. The van der Waals surface area contributed by atoms with Crippen molar-refractivity contribution in [2.75, 3.05) is 20.2 Å². The van der Waals surface area contributed by atoms with Crippen LogP contribution >= 0.6 is 0 Å². The highest BCUT2D eigenvalue weighted by Crippen LogP contribution is 2.29. The molecule has 1 aromatic carbocycles. The molecule has 3 heterocycles. The van der Waals surface area contributed by atoms with Crippen LogP contribution in [0, 0.1) is 0 Å². The molecule has 0 aliphatic carbocycles. The molecule has 4 heteroatoms. The van der Waals surface area contributed by atoms with Crippen LogP contribution in [-0.2, 0) is 6.54 Å². The zero-order valence-electron chi connectivity index (χ0n) is 14.0. The molecule has 3 aromatic rings. The van der Waals surface area contributed by atoms with Gasteiger partial charge in [-0.1, -0.05) is 12.1 Å². The zero-order chi connectivity index (χ0) is 16.4. The van der Waals surface area contributed by atoms with Gasteiger partial charge in [0.2, 0.25) is 0 Å². The Morgan fingerprint density at radius 1 is 1.25 bits per heavy atom. The van der Waals surface area contributed by atoms with Crippen LogP contribution in [0.2, 0.25) is 0 Å². The van der Waals surface area contributed by atoms with Gasteiger partial charge in [-0.25, -0.2) is 4.98 Å². The molecule has 24 heavy (non-hydrogen) atoms. The number of benzene rings is 1. The molecule has 0 saturated carbocycles. The first-order valence-corrected chi connectivity index (χ1v) is 8.63. The number of nitrogens with one attached hydrogen (secondary N) is 1. The van der Waals surface area contributed by atoms with Crippen molar-refractivity contribution in [1.29, 1.82) is 0 Å². The number of pyridine rings is 1. The highest BCUT2D eigenvalue weighted by molar-refractivity contribution is 5.77. The van der Waals surface area contributed by atoms with Crippen LogP contribution in [-0.4, -0.2) is 29.8 Å². The van der Waals surface area contributed by atoms with E-state index in [4.69, 9.17) is 4.74 Å². The fourth-order valence-electron chi connectivity index (χ4n) is 3.63. The molecule has 1 fully saturated rings. The van der Waals surface area contributed by atoms with E-state index in [-0.39, 0.29) is 0 Å². The summed E-state index contributed by atoms with van der Waals surface area (Å²) in [7, 11) is 1.70. The van der Waals surface area contributed by atoms with E-state index in [2.05, 4.69) is 39.1 Å². The molecule has 2 aromatic heterocycles. The Morgan fingerprint density at radius 3 is 2.88 bits per heavy atom. The Hall–Kier alpha value is -2.33. The fourth-order valence-corrected chi connectivity index (χ4v) is 3.63. The zero-order valence-corrected chi connectivity index (χ0v) is 14.0. The van der Waals surface area contributed by atoms with Gasteiger partial charge < -0.3 is 14.6 Å². The summed E-state index contributed by atoms with van der Waals surface area (Å²) in [6.45, 7) is 3.03. The van der Waals surface area contributed by atoms with Crippen LogP contribution in [0.3, 0.4) is 0 Å². The summed E-state index contributed by atoms with van der Waals surface area (Å²) in [6.07, 6.45) is 4.36. The van der Waals surface area contributed by atoms with E-state index in [1.165, 1.54) is 29.5 Å². The summed E-state index contributed by atoms with van der Waals surface area (Å²) in [5.41, 5.74) is 3.74. The van der Waals surface area contributed by atoms with Gasteiger partial charge in [-0.05, 0) is 55.3 Å². The molecular weight excluding hydrogens is 298 g/mol. The van der Waals surface area contributed by atoms with E-state index in [1.54, 1.807) is 7.11 Å². The summed E-state index contributed by atoms with van der Waals surface area (Å²) >= 11 is 0. The van der Waals surface area contributed by atoms with Crippen LogP contribution in [0.25, 0.3) is 11.0 Å². The Morgan fingerprint density at radius 2 is 2.12 bits per heavy atom. The monoisotopic (exact) mass is 321 g/mol. The van der Waals surface area contributed by atoms with Gasteiger partial charge >= 0.3 is 0 Å². The summed E-state index contributed by atoms with van der Waals surface area (Å²) in [4.78, 5) is 4.64. The van der Waals surface area contributed by atoms with Crippen molar-refractivity contribution >= 4 is 11.0 Å². The lowest BCUT2D eigenvalue weighted by Gasteiger charge is -2.24. The number of rotatable bonds is 4. The first-order chi connectivity index (χ1) is 11.8. The van der Waals surface area contributed by atoms with Crippen molar-refractivity contribution in [3.63, 3.8) is 0 Å². The molecular formula is C20H23N3O. The van der Waals surface area contributed by atoms with Gasteiger partial charge in [-0.15, -0.1) is 0 Å². The average molecular weight is 321 g/mol. The molecule has 0 radical (unpaired) electrons. The van der Waals surface area contributed by atoms with Crippen LogP contribution in [0.4, 0.5) is 0 Å². The maximum Gasteiger partial charge on any atom is 0.140 e. The quantitative estimate of drug-likeness (QED) is 0.798. The average Bonchev–Trinajstić information content (AvgIpc) is 3.02. The lowest BCUT2D eigenvalue weighted by Crippen LogP contribution is -2.29. The summed E-state index contributed by atoms with van der Waals surface area (Å²) in [5.74, 6) is 1.46. The molecule has 0 spiro atoms. The van der Waals surface area contributed by atoms with Crippen LogP contribution in [0.15, 0.2) is 48.7 Å². The van der Waals surface area contributed by atoms with E-state index in [1.807, 2.05) is 24.4 Å². The molecule has 4 rings (SSSR count). The molecule has 4 nitrogen and oxygen atoms in total. The van der Waals surface area contributed by atoms with E-state index in [9.17, 15) is 0 Å². The van der Waals surface area contributed by atoms with Gasteiger partial charge in [0, 0.05) is 36.3 Å². The predicted octanol–water partition coefficient (Wildman–Crippen LogP) is 3.56. The maximum absolute atomic E-state index is 5.27. The molecule has 0 bridgehead atoms. The van der Waals surface area contributed by atoms with Gasteiger partial charge in [-0.3, -0.25) is 0 Å². The molecule has 124 valence electrons. The van der Waals surface area contributed by atoms with Crippen molar-refractivity contribution in [1.82, 2.24) is 14.9 Å². The molecule has 1 atom stereocenters. The normalized spacial score (nSPS) is 18.0. The van der Waals surface area contributed by atoms with E-state index in [0.29, 0.717) is 5.92 Å². The smallest absolute Gasteiger partial charge is 0.140 e. The molecule has 0 unspecified atom stereocenters. The SMILES string of the molecule is COc1ccc(Cn2c([C@@H]3CCCNC3)cc3cccnc32)cc1. The number of hydrogen-bond donors (Lipinski definition) is 1. The third-order valence-corrected chi connectivity index (χ3v) is 4.90. The van der Waals surface area contributed by atoms with E-state index < -0.39 is 0 Å². The van der Waals surface area contributed by atoms with Crippen molar-refractivity contribution in [2.24, 2.45) is 0 Å². The Labute approximate surface area is 142 Å². The molecule has 1 aliphatic heterocycles. The Bertz CT molecular complexity index is 817. The number of ether oxygens (including phenoxy) is 1. The number of hydrogen-bond acceptors (Lipinski definition) is 3. The van der Waals surface area contributed by atoms with Crippen molar-refractivity contribution in [3.05, 3.63) is 59.9 Å². The topological polar surface area (TPSA) is 39.1 Å². The summed E-state index contributed by atoms with van der Waals surface area (Å²) in [5, 5.41) is 4.76. The van der Waals surface area contributed by atoms with Crippen LogP contribution in [0.1, 0.15) is 30.0 Å². The number of nitrogens with zero attached hydrogens (tertiary/aromatic N) is 2. The van der Waals surface area contributed by atoms with Gasteiger partial charge in [0.1, 0.15) is 11.4 Å². The largest absolute Gasteiger partial charge is 0.497 e. The van der Waals surface area contributed by atoms with Crippen molar-refractivity contribution in [3.8, 4) is 5.75 Å². The first-order valence-electron chi connectivity index (χ1n) is 8.63. The minimum Gasteiger partial charge on any atom is -0.497 e. The minimum absolute atomic E-state index is 0.561. The second-order valence-electron chi connectivity index (χ2n) is 6.46. The minimum atomic E-state index is 0.561. The van der Waals surface area contributed by atoms with Gasteiger partial charge in [0.05, 0.1) is 7.11 Å². The second kappa shape index (κ2) is 6.65. The highest BCUT2D eigenvalue weighted by Gasteiger charge is 2.21. The fraction of sp³-hybridized carbons (Fsp3) is 0.350. The van der Waals surface area contributed by atoms with E-state index >= 15 is 0 Å². The lowest BCUT2D eigenvalue weighted by molar-refractivity contribution is 0.414. The van der Waals surface area contributed by atoms with Gasteiger partial charge in [0.25, 0.3) is 0 Å². The van der Waals surface area contributed by atoms with Crippen molar-refractivity contribution in [2.45, 2.75) is 25.3 Å². The highest BCUT2D eigenvalue weighted by atomic mass is 16.5. The number of fused-ring (bicyclic) bond motifs is 1. The van der Waals surface area contributed by atoms with Gasteiger partial charge in [0.15, 0.2) is 0 Å². The number of methoxy groups -OCH3 is 1. The van der Waals surface area contributed by atoms with Crippen LogP contribution < -0.4 is 10.1 Å². The standard InChI is InChI=1S/C20H23N3O/c1-24-18-8-6-15(7-9-18)14-23-19(17-5-2-10-21-13-17)12-16-4-3-11-22-20(16)23/h3-4,6-9,11-12,17,21H,2,5,10,13-14H2,1H3/t17-/m1/s1. The summed E-state index contributed by atoms with van der Waals surface area (Å²) < 4.78 is 7.65.